The van der Waals surface area contributed by atoms with Gasteiger partial charge >= 0.3 is 0 Å². The van der Waals surface area contributed by atoms with Crippen LogP contribution in [-0.4, -0.2) is 5.91 Å². The highest BCUT2D eigenvalue weighted by Crippen LogP contribution is 2.28. The average molecular weight is 334 g/mol. The Morgan fingerprint density at radius 3 is 2.73 bits per heavy atom. The van der Waals surface area contributed by atoms with E-state index in [0.717, 1.165) is 16.5 Å². The molecule has 0 radical (unpaired) electrons. The maximum Gasteiger partial charge on any atom is 0.287 e. The van der Waals surface area contributed by atoms with Gasteiger partial charge in [-0.1, -0.05) is 41.4 Å². The molecule has 0 aliphatic heterocycles. The van der Waals surface area contributed by atoms with Crippen molar-refractivity contribution in [2.75, 3.05) is 0 Å². The fraction of sp³-hybridized carbons (Fsp3) is 0.118. The van der Waals surface area contributed by atoms with Crippen molar-refractivity contribution >= 4 is 40.1 Å². The van der Waals surface area contributed by atoms with E-state index in [1.165, 1.54) is 0 Å². The summed E-state index contributed by atoms with van der Waals surface area (Å²) < 4.78 is 5.63. The Morgan fingerprint density at radius 2 is 1.95 bits per heavy atom. The van der Waals surface area contributed by atoms with E-state index in [4.69, 9.17) is 27.6 Å². The van der Waals surface area contributed by atoms with Crippen LogP contribution in [0.25, 0.3) is 11.0 Å². The molecule has 0 spiro atoms. The smallest absolute Gasteiger partial charge is 0.287 e. The quantitative estimate of drug-likeness (QED) is 0.734. The Morgan fingerprint density at radius 1 is 1.18 bits per heavy atom. The summed E-state index contributed by atoms with van der Waals surface area (Å²) in [4.78, 5) is 12.3. The van der Waals surface area contributed by atoms with Crippen LogP contribution >= 0.6 is 23.2 Å². The molecular weight excluding hydrogens is 321 g/mol. The van der Waals surface area contributed by atoms with Gasteiger partial charge in [0.1, 0.15) is 5.58 Å². The number of nitrogens with one attached hydrogen (secondary N) is 1. The first kappa shape index (κ1) is 14.9. The number of carbonyl (C=O) groups is 1. The number of hydrogen-bond donors (Lipinski definition) is 1. The van der Waals surface area contributed by atoms with Crippen LogP contribution in [0.3, 0.4) is 0 Å². The van der Waals surface area contributed by atoms with E-state index < -0.39 is 0 Å². The molecule has 1 N–H and O–H groups in total. The van der Waals surface area contributed by atoms with Gasteiger partial charge < -0.3 is 9.73 Å². The summed E-state index contributed by atoms with van der Waals surface area (Å²) in [6.45, 7) is 2.18. The van der Waals surface area contributed by atoms with Crippen LogP contribution in [0.1, 0.15) is 21.7 Å². The molecule has 0 aliphatic carbocycles. The van der Waals surface area contributed by atoms with Gasteiger partial charge in [0.05, 0.1) is 0 Å². The Balaban J connectivity index is 1.83. The predicted octanol–water partition coefficient (Wildman–Crippen LogP) is 4.98. The minimum atomic E-state index is -0.273. The van der Waals surface area contributed by atoms with Gasteiger partial charge in [-0.3, -0.25) is 4.79 Å². The fourth-order valence-corrected chi connectivity index (χ4v) is 2.68. The lowest BCUT2D eigenvalue weighted by atomic mass is 10.1. The normalized spacial score (nSPS) is 10.9. The Hall–Kier alpha value is -1.97. The average Bonchev–Trinajstić information content (AvgIpc) is 2.83. The predicted molar refractivity (Wildman–Crippen MR) is 88.6 cm³/mol. The first-order valence-electron chi connectivity index (χ1n) is 6.76. The highest BCUT2D eigenvalue weighted by atomic mass is 35.5. The Labute approximate surface area is 137 Å². The molecule has 112 valence electrons. The molecule has 0 saturated heterocycles. The lowest BCUT2D eigenvalue weighted by Gasteiger charge is -2.05. The van der Waals surface area contributed by atoms with Gasteiger partial charge in [-0.2, -0.15) is 0 Å². The number of carbonyl (C=O) groups excluding carboxylic acids is 1. The molecule has 3 rings (SSSR count). The van der Waals surface area contributed by atoms with Crippen molar-refractivity contribution in [2.24, 2.45) is 0 Å². The lowest BCUT2D eigenvalue weighted by Crippen LogP contribution is -2.23. The number of hydrogen-bond acceptors (Lipinski definition) is 2. The molecule has 1 aromatic heterocycles. The minimum absolute atomic E-state index is 0.273. The largest absolute Gasteiger partial charge is 0.451 e. The molecular formula is C17H13Cl2NO2. The van der Waals surface area contributed by atoms with Crippen molar-refractivity contribution in [3.05, 3.63) is 69.4 Å². The van der Waals surface area contributed by atoms with Gasteiger partial charge in [0.15, 0.2) is 5.76 Å². The third-order valence-electron chi connectivity index (χ3n) is 3.50. The molecule has 1 amide bonds. The van der Waals surface area contributed by atoms with Crippen molar-refractivity contribution in [1.82, 2.24) is 5.32 Å². The van der Waals surface area contributed by atoms with Crippen LogP contribution in [0.2, 0.25) is 10.0 Å². The van der Waals surface area contributed by atoms with Crippen LogP contribution in [0.5, 0.6) is 0 Å². The van der Waals surface area contributed by atoms with Crippen LogP contribution in [-0.2, 0) is 6.54 Å². The Kier molecular flexibility index (Phi) is 4.10. The highest BCUT2D eigenvalue weighted by Gasteiger charge is 2.17. The molecule has 0 unspecified atom stereocenters. The van der Waals surface area contributed by atoms with Gasteiger partial charge in [-0.25, -0.2) is 0 Å². The second kappa shape index (κ2) is 6.03. The minimum Gasteiger partial charge on any atom is -0.451 e. The van der Waals surface area contributed by atoms with Crippen molar-refractivity contribution < 1.29 is 9.21 Å². The molecule has 0 atom stereocenters. The van der Waals surface area contributed by atoms with E-state index in [9.17, 15) is 4.79 Å². The zero-order valence-electron chi connectivity index (χ0n) is 11.8. The monoisotopic (exact) mass is 333 g/mol. The van der Waals surface area contributed by atoms with E-state index in [0.29, 0.717) is 27.9 Å². The number of halogens is 2. The van der Waals surface area contributed by atoms with Crippen molar-refractivity contribution in [3.8, 4) is 0 Å². The Bertz CT molecular complexity index is 855. The number of fused-ring (bicyclic) bond motifs is 1. The zero-order chi connectivity index (χ0) is 15.7. The van der Waals surface area contributed by atoms with Gasteiger partial charge in [0.25, 0.3) is 5.91 Å². The number of benzene rings is 2. The molecule has 0 bridgehead atoms. The van der Waals surface area contributed by atoms with Crippen molar-refractivity contribution in [2.45, 2.75) is 13.5 Å². The first-order valence-corrected chi connectivity index (χ1v) is 7.52. The third kappa shape index (κ3) is 2.82. The standard InChI is InChI=1S/C17H13Cl2NO2/c1-10-13-8-12(18)6-7-15(13)22-16(10)17(21)20-9-11-4-2-3-5-14(11)19/h2-8H,9H2,1H3,(H,20,21). The third-order valence-corrected chi connectivity index (χ3v) is 4.11. The SMILES string of the molecule is Cc1c(C(=O)NCc2ccccc2Cl)oc2ccc(Cl)cc12. The molecule has 0 aliphatic rings. The molecule has 1 heterocycles. The summed E-state index contributed by atoms with van der Waals surface area (Å²) in [5.41, 5.74) is 2.27. The van der Waals surface area contributed by atoms with Crippen LogP contribution in [0.4, 0.5) is 0 Å². The second-order valence-electron chi connectivity index (χ2n) is 4.97. The summed E-state index contributed by atoms with van der Waals surface area (Å²) in [5, 5.41) is 4.90. The van der Waals surface area contributed by atoms with E-state index in [2.05, 4.69) is 5.32 Å². The van der Waals surface area contributed by atoms with Gasteiger partial charge in [-0.15, -0.1) is 0 Å². The number of rotatable bonds is 3. The van der Waals surface area contributed by atoms with Gasteiger partial charge in [-0.05, 0) is 36.8 Å². The van der Waals surface area contributed by atoms with Gasteiger partial charge in [0.2, 0.25) is 0 Å². The van der Waals surface area contributed by atoms with E-state index in [-0.39, 0.29) is 5.91 Å². The number of amides is 1. The molecule has 2 aromatic carbocycles. The molecule has 3 nitrogen and oxygen atoms in total. The van der Waals surface area contributed by atoms with Crippen LogP contribution < -0.4 is 5.32 Å². The molecule has 5 heteroatoms. The van der Waals surface area contributed by atoms with E-state index >= 15 is 0 Å². The van der Waals surface area contributed by atoms with Gasteiger partial charge in [0, 0.05) is 27.5 Å². The van der Waals surface area contributed by atoms with E-state index in [1.807, 2.05) is 25.1 Å². The second-order valence-corrected chi connectivity index (χ2v) is 5.81. The molecule has 22 heavy (non-hydrogen) atoms. The topological polar surface area (TPSA) is 42.2 Å². The fourth-order valence-electron chi connectivity index (χ4n) is 2.31. The summed E-state index contributed by atoms with van der Waals surface area (Å²) in [6.07, 6.45) is 0. The van der Waals surface area contributed by atoms with Crippen molar-refractivity contribution in [3.63, 3.8) is 0 Å². The number of furan rings is 1. The zero-order valence-corrected chi connectivity index (χ0v) is 13.3. The summed E-state index contributed by atoms with van der Waals surface area (Å²) >= 11 is 12.1. The van der Waals surface area contributed by atoms with Crippen LogP contribution in [0.15, 0.2) is 46.9 Å². The molecule has 0 fully saturated rings. The van der Waals surface area contributed by atoms with Crippen LogP contribution in [0, 0.1) is 6.92 Å². The summed E-state index contributed by atoms with van der Waals surface area (Å²) in [5.74, 6) is 0.0223. The molecule has 3 aromatic rings. The maximum atomic E-state index is 12.3. The number of aryl methyl sites for hydroxylation is 1. The summed E-state index contributed by atoms with van der Waals surface area (Å²) in [7, 11) is 0. The highest BCUT2D eigenvalue weighted by molar-refractivity contribution is 6.31. The van der Waals surface area contributed by atoms with E-state index in [1.54, 1.807) is 24.3 Å². The molecule has 0 saturated carbocycles. The first-order chi connectivity index (χ1) is 10.6. The van der Waals surface area contributed by atoms with Crippen molar-refractivity contribution in [1.29, 1.82) is 0 Å². The maximum absolute atomic E-state index is 12.3. The summed E-state index contributed by atoms with van der Waals surface area (Å²) in [6, 6.07) is 12.7. The lowest BCUT2D eigenvalue weighted by molar-refractivity contribution is 0.0924.